The van der Waals surface area contributed by atoms with Crippen LogP contribution in [0.15, 0.2) is 11.3 Å². The molecule has 8 heteroatoms. The number of ketones is 1. The number of allylic oxidation sites excluding steroid dienone is 1. The van der Waals surface area contributed by atoms with E-state index in [0.29, 0.717) is 5.57 Å². The van der Waals surface area contributed by atoms with Gasteiger partial charge in [-0.2, -0.15) is 0 Å². The van der Waals surface area contributed by atoms with Crippen LogP contribution in [0.2, 0.25) is 0 Å². The average molecular weight is 336 g/mol. The third-order valence-corrected chi connectivity index (χ3v) is 6.06. The van der Waals surface area contributed by atoms with Crippen molar-refractivity contribution in [3.05, 3.63) is 11.3 Å². The van der Waals surface area contributed by atoms with Gasteiger partial charge in [-0.15, -0.1) is 11.6 Å². The second-order valence-corrected chi connectivity index (χ2v) is 8.84. The molecule has 6 nitrogen and oxygen atoms in total. The largest absolute Gasteiger partial charge is 0.380 e. The van der Waals surface area contributed by atoms with Crippen molar-refractivity contribution in [2.24, 2.45) is 5.41 Å². The summed E-state index contributed by atoms with van der Waals surface area (Å²) in [4.78, 5) is 25.6. The fourth-order valence-electron chi connectivity index (χ4n) is 2.49. The van der Waals surface area contributed by atoms with Crippen molar-refractivity contribution in [1.29, 1.82) is 0 Å². The molecule has 2 aliphatic rings. The lowest BCUT2D eigenvalue weighted by Gasteiger charge is -2.48. The lowest BCUT2D eigenvalue weighted by atomic mass is 9.86. The van der Waals surface area contributed by atoms with E-state index in [1.807, 2.05) is 0 Å². The molecule has 2 heterocycles. The molecule has 0 aromatic carbocycles. The summed E-state index contributed by atoms with van der Waals surface area (Å²) in [5.74, 6) is -1.15. The number of alkyl halides is 1. The van der Waals surface area contributed by atoms with Crippen LogP contribution < -0.4 is 0 Å². The third kappa shape index (κ3) is 2.51. The number of carbonyl (C=O) groups is 2. The van der Waals surface area contributed by atoms with Gasteiger partial charge in [0.05, 0.1) is 18.1 Å². The Labute approximate surface area is 129 Å². The average Bonchev–Trinajstić information content (AvgIpc) is 2.35. The summed E-state index contributed by atoms with van der Waals surface area (Å²) in [7, 11) is -2.20. The van der Waals surface area contributed by atoms with Crippen LogP contribution in [0.4, 0.5) is 0 Å². The van der Waals surface area contributed by atoms with E-state index in [2.05, 4.69) is 0 Å². The quantitative estimate of drug-likeness (QED) is 0.560. The molecular formula is C13H18ClNO5S. The van der Waals surface area contributed by atoms with E-state index in [0.717, 1.165) is 4.90 Å². The zero-order chi connectivity index (χ0) is 16.2. The fraction of sp³-hybridized carbons (Fsp3) is 0.692. The van der Waals surface area contributed by atoms with Crippen molar-refractivity contribution in [2.45, 2.75) is 31.5 Å². The maximum absolute atomic E-state index is 12.6. The summed E-state index contributed by atoms with van der Waals surface area (Å²) < 4.78 is 29.4. The predicted molar refractivity (Wildman–Crippen MR) is 77.4 cm³/mol. The molecule has 0 aromatic rings. The molecule has 2 rings (SSSR count). The van der Waals surface area contributed by atoms with Gasteiger partial charge < -0.3 is 4.74 Å². The van der Waals surface area contributed by atoms with Crippen molar-refractivity contribution in [3.63, 3.8) is 0 Å². The lowest BCUT2D eigenvalue weighted by molar-refractivity contribution is -0.142. The highest BCUT2D eigenvalue weighted by atomic mass is 35.5. The Kier molecular flexibility index (Phi) is 3.97. The fourth-order valence-corrected chi connectivity index (χ4v) is 5.06. The van der Waals surface area contributed by atoms with E-state index >= 15 is 0 Å². The number of halogens is 1. The first kappa shape index (κ1) is 16.5. The Morgan fingerprint density at radius 1 is 1.43 bits per heavy atom. The summed E-state index contributed by atoms with van der Waals surface area (Å²) in [6.45, 7) is 5.13. The minimum Gasteiger partial charge on any atom is -0.380 e. The Bertz CT molecular complexity index is 631. The number of carbonyl (C=O) groups excluding carboxylic acids is 2. The number of β-lactam (4-membered cyclic amide) rings is 1. The van der Waals surface area contributed by atoms with Crippen LogP contribution in [0.5, 0.6) is 0 Å². The van der Waals surface area contributed by atoms with Crippen molar-refractivity contribution >= 4 is 33.1 Å². The molecule has 0 aliphatic carbocycles. The number of fused-ring (bicyclic) bond motifs is 1. The maximum atomic E-state index is 12.6. The second-order valence-electron chi connectivity index (χ2n) is 6.27. The molecule has 0 bridgehead atoms. The van der Waals surface area contributed by atoms with Gasteiger partial charge in [-0.25, -0.2) is 8.42 Å². The van der Waals surface area contributed by atoms with Crippen molar-refractivity contribution in [3.8, 4) is 0 Å². The number of sulfone groups is 1. The molecule has 2 atom stereocenters. The normalized spacial score (nSPS) is 28.2. The zero-order valence-corrected chi connectivity index (χ0v) is 13.9. The molecule has 1 fully saturated rings. The standard InChI is InChI=1S/C13H18ClNO5S/c1-13(2,3)10(16)9-7(5-20-4)6-21(18,19)12-8(14)11(17)15(9)12/h8,12H,5-6H2,1-4H3/t8-,12+/m0/s1. The second kappa shape index (κ2) is 5.07. The third-order valence-electron chi connectivity index (χ3n) is 3.51. The molecule has 118 valence electrons. The highest BCUT2D eigenvalue weighted by Crippen LogP contribution is 2.41. The van der Waals surface area contributed by atoms with Crippen molar-refractivity contribution < 1.29 is 22.7 Å². The van der Waals surface area contributed by atoms with Crippen LogP contribution in [-0.4, -0.2) is 55.2 Å². The van der Waals surface area contributed by atoms with Crippen LogP contribution in [-0.2, 0) is 24.2 Å². The molecular weight excluding hydrogens is 318 g/mol. The summed E-state index contributed by atoms with van der Waals surface area (Å²) in [5.41, 5.74) is -0.297. The van der Waals surface area contributed by atoms with Gasteiger partial charge in [-0.3, -0.25) is 14.5 Å². The first-order valence-electron chi connectivity index (χ1n) is 6.47. The first-order valence-corrected chi connectivity index (χ1v) is 8.62. The Morgan fingerprint density at radius 2 is 2.00 bits per heavy atom. The molecule has 0 N–H and O–H groups in total. The van der Waals surface area contributed by atoms with Gasteiger partial charge >= 0.3 is 0 Å². The van der Waals surface area contributed by atoms with Gasteiger partial charge in [0.25, 0.3) is 0 Å². The molecule has 0 unspecified atom stereocenters. The zero-order valence-electron chi connectivity index (χ0n) is 12.3. The van der Waals surface area contributed by atoms with Gasteiger partial charge in [0.1, 0.15) is 5.38 Å². The van der Waals surface area contributed by atoms with Gasteiger partial charge in [0.15, 0.2) is 21.0 Å². The number of hydrogen-bond acceptors (Lipinski definition) is 5. The van der Waals surface area contributed by atoms with Gasteiger partial charge in [0, 0.05) is 12.5 Å². The number of hydrogen-bond donors (Lipinski definition) is 0. The highest BCUT2D eigenvalue weighted by molar-refractivity contribution is 7.92. The SMILES string of the molecule is COCC1=C(C(=O)C(C)(C)C)N2C(=O)[C@H](Cl)[C@H]2S(=O)(=O)C1. The van der Waals surface area contributed by atoms with Gasteiger partial charge in [-0.05, 0) is 5.57 Å². The Balaban J connectivity index is 2.59. The molecule has 1 amide bonds. The molecule has 0 radical (unpaired) electrons. The number of nitrogens with zero attached hydrogens (tertiary/aromatic N) is 1. The predicted octanol–water partition coefficient (Wildman–Crippen LogP) is 0.706. The number of rotatable bonds is 3. The van der Waals surface area contributed by atoms with Crippen LogP contribution in [0, 0.1) is 5.41 Å². The summed E-state index contributed by atoms with van der Waals surface area (Å²) in [6.07, 6.45) is 0. The maximum Gasteiger partial charge on any atom is 0.249 e. The van der Waals surface area contributed by atoms with E-state index in [1.54, 1.807) is 20.8 Å². The highest BCUT2D eigenvalue weighted by Gasteiger charge is 2.59. The summed E-state index contributed by atoms with van der Waals surface area (Å²) in [5, 5.41) is -2.27. The molecule has 1 saturated heterocycles. The molecule has 2 aliphatic heterocycles. The van der Waals surface area contributed by atoms with Crippen LogP contribution >= 0.6 is 11.6 Å². The summed E-state index contributed by atoms with van der Waals surface area (Å²) in [6, 6.07) is 0. The van der Waals surface area contributed by atoms with E-state index in [9.17, 15) is 18.0 Å². The van der Waals surface area contributed by atoms with Crippen LogP contribution in [0.1, 0.15) is 20.8 Å². The number of Topliss-reactive ketones (excluding diaryl/α,β-unsaturated/α-hetero) is 1. The van der Waals surface area contributed by atoms with Crippen molar-refractivity contribution in [1.82, 2.24) is 4.90 Å². The lowest BCUT2D eigenvalue weighted by Crippen LogP contribution is -2.68. The summed E-state index contributed by atoms with van der Waals surface area (Å²) >= 11 is 5.83. The van der Waals surface area contributed by atoms with Crippen molar-refractivity contribution in [2.75, 3.05) is 19.5 Å². The molecule has 0 saturated carbocycles. The first-order chi connectivity index (χ1) is 9.52. The molecule has 0 spiro atoms. The number of methoxy groups -OCH3 is 1. The van der Waals surface area contributed by atoms with Gasteiger partial charge in [0.2, 0.25) is 5.91 Å². The Morgan fingerprint density at radius 3 is 2.48 bits per heavy atom. The van der Waals surface area contributed by atoms with E-state index in [-0.39, 0.29) is 23.8 Å². The van der Waals surface area contributed by atoms with Crippen LogP contribution in [0.3, 0.4) is 0 Å². The van der Waals surface area contributed by atoms with E-state index in [1.165, 1.54) is 7.11 Å². The minimum atomic E-state index is -3.61. The van der Waals surface area contributed by atoms with Gasteiger partial charge in [-0.1, -0.05) is 20.8 Å². The van der Waals surface area contributed by atoms with E-state index in [4.69, 9.17) is 16.3 Å². The minimum absolute atomic E-state index is 0.0141. The topological polar surface area (TPSA) is 80.8 Å². The number of amides is 1. The molecule has 21 heavy (non-hydrogen) atoms. The Hall–Kier alpha value is -0.920. The van der Waals surface area contributed by atoms with E-state index < -0.39 is 31.9 Å². The molecule has 0 aromatic heterocycles. The number of ether oxygens (including phenoxy) is 1. The monoisotopic (exact) mass is 335 g/mol. The van der Waals surface area contributed by atoms with Crippen LogP contribution in [0.25, 0.3) is 0 Å². The smallest absolute Gasteiger partial charge is 0.249 e.